The van der Waals surface area contributed by atoms with Gasteiger partial charge in [-0.2, -0.15) is 0 Å². The Morgan fingerprint density at radius 1 is 0.419 bits per heavy atom. The molecule has 158 valence electrons. The Hall–Kier alpha value is -2.71. The Balaban J connectivity index is -0.000000785. The molecule has 0 unspecified atom stereocenters. The summed E-state index contributed by atoms with van der Waals surface area (Å²) in [7, 11) is -0.483. The zero-order chi connectivity index (χ0) is 23.5. The standard InChI is InChI=1S/C21H21P.4CO.Fe/c1-16-4-10-19(11-5-16)22(20-12-6-17(2)7-13-20)21-14-8-18(3)9-15-21;4*1-2;/h4-15H,1-3H3;;;;;. The third-order valence-electron chi connectivity index (χ3n) is 3.88. The van der Waals surface area contributed by atoms with Crippen LogP contribution in [0.4, 0.5) is 0 Å². The summed E-state index contributed by atoms with van der Waals surface area (Å²) < 4.78 is 0. The van der Waals surface area contributed by atoms with Crippen LogP contribution in [0.2, 0.25) is 0 Å². The summed E-state index contributed by atoms with van der Waals surface area (Å²) in [5.41, 5.74) is 3.93. The fourth-order valence-electron chi connectivity index (χ4n) is 2.53. The van der Waals surface area contributed by atoms with Crippen LogP contribution in [-0.2, 0) is 36.2 Å². The van der Waals surface area contributed by atoms with Gasteiger partial charge in [0.2, 0.25) is 0 Å². The second-order valence-corrected chi connectivity index (χ2v) is 8.06. The minimum absolute atomic E-state index is 0. The Bertz CT molecular complexity index is 705. The van der Waals surface area contributed by atoms with Crippen LogP contribution in [0.25, 0.3) is 0 Å². The van der Waals surface area contributed by atoms with Crippen LogP contribution in [0, 0.1) is 20.8 Å². The summed E-state index contributed by atoms with van der Waals surface area (Å²) in [6.07, 6.45) is 0. The Kier molecular flexibility index (Phi) is 21.8. The summed E-state index contributed by atoms with van der Waals surface area (Å²) in [4.78, 5) is 30.0. The van der Waals surface area contributed by atoms with Crippen LogP contribution in [-0.4, -0.2) is 27.2 Å². The molecular weight excluding hydrogens is 451 g/mol. The van der Waals surface area contributed by atoms with Gasteiger partial charge < -0.3 is 0 Å². The van der Waals surface area contributed by atoms with Crippen LogP contribution < -0.4 is 15.9 Å². The summed E-state index contributed by atoms with van der Waals surface area (Å²) in [6.45, 7) is 24.4. The molecule has 8 radical (unpaired) electrons. The largest absolute Gasteiger partial charge is 0.281 e. The minimum Gasteiger partial charge on any atom is -0.281 e. The van der Waals surface area contributed by atoms with E-state index in [1.54, 1.807) is 0 Å². The fraction of sp³-hybridized carbons (Fsp3) is 0.120. The quantitative estimate of drug-likeness (QED) is 0.435. The molecule has 0 fully saturated rings. The predicted molar refractivity (Wildman–Crippen MR) is 122 cm³/mol. The number of benzene rings is 3. The molecule has 0 saturated carbocycles. The molecule has 0 bridgehead atoms. The minimum atomic E-state index is -0.483. The number of hydrogen-bond acceptors (Lipinski definition) is 4. The second-order valence-electron chi connectivity index (χ2n) is 5.84. The van der Waals surface area contributed by atoms with Gasteiger partial charge in [0.15, 0.2) is 0 Å². The normalized spacial score (nSPS) is 8.26. The summed E-state index contributed by atoms with van der Waals surface area (Å²) in [6, 6.07) is 27.0. The van der Waals surface area contributed by atoms with E-state index >= 15 is 0 Å². The molecule has 6 heteroatoms. The van der Waals surface area contributed by atoms with E-state index in [4.69, 9.17) is 19.2 Å². The number of rotatable bonds is 3. The van der Waals surface area contributed by atoms with Crippen molar-refractivity contribution in [3.63, 3.8) is 0 Å². The molecule has 0 atom stereocenters. The first-order chi connectivity index (χ1) is 14.6. The molecule has 0 spiro atoms. The van der Waals surface area contributed by atoms with Crippen molar-refractivity contribution in [2.75, 3.05) is 0 Å². The SMILES string of the molecule is Cc1ccc(P(c2ccc(C)cc2)c2ccc(C)cc2)cc1.[C]=O.[C]=O.[C]=O.[C]=O.[Fe]. The van der Waals surface area contributed by atoms with Gasteiger partial charge in [-0.05, 0) is 44.6 Å². The second kappa shape index (κ2) is 20.6. The van der Waals surface area contributed by atoms with Crippen molar-refractivity contribution < 1.29 is 36.2 Å². The molecule has 0 heterocycles. The summed E-state index contributed by atoms with van der Waals surface area (Å²) in [5, 5.41) is 4.23. The third kappa shape index (κ3) is 11.3. The molecule has 0 aromatic heterocycles. The van der Waals surface area contributed by atoms with Gasteiger partial charge in [0.1, 0.15) is 0 Å². The first-order valence-corrected chi connectivity index (χ1v) is 9.79. The summed E-state index contributed by atoms with van der Waals surface area (Å²) >= 11 is 0. The van der Waals surface area contributed by atoms with Gasteiger partial charge >= 0.3 is 0 Å². The summed E-state index contributed by atoms with van der Waals surface area (Å²) in [5.74, 6) is 0. The molecule has 3 aromatic carbocycles. The van der Waals surface area contributed by atoms with Crippen molar-refractivity contribution in [3.05, 3.63) is 89.5 Å². The molecule has 4 nitrogen and oxygen atoms in total. The van der Waals surface area contributed by atoms with Gasteiger partial charge in [-0.3, -0.25) is 19.2 Å². The van der Waals surface area contributed by atoms with Crippen molar-refractivity contribution in [2.45, 2.75) is 20.8 Å². The maximum Gasteiger partial charge on any atom is 0.281 e. The zero-order valence-corrected chi connectivity index (χ0v) is 19.4. The molecule has 0 aliphatic rings. The van der Waals surface area contributed by atoms with E-state index in [0.29, 0.717) is 0 Å². The van der Waals surface area contributed by atoms with E-state index in [2.05, 4.69) is 121 Å². The molecule has 0 amide bonds. The maximum atomic E-state index is 7.50. The van der Waals surface area contributed by atoms with Crippen LogP contribution in [0.1, 0.15) is 16.7 Å². The number of hydrogen-bond donors (Lipinski definition) is 0. The van der Waals surface area contributed by atoms with Gasteiger partial charge in [-0.1, -0.05) is 89.5 Å². The van der Waals surface area contributed by atoms with E-state index in [1.165, 1.54) is 32.6 Å². The van der Waals surface area contributed by atoms with E-state index < -0.39 is 7.92 Å². The van der Waals surface area contributed by atoms with Crippen LogP contribution in [0.3, 0.4) is 0 Å². The molecule has 31 heavy (non-hydrogen) atoms. The topological polar surface area (TPSA) is 68.3 Å². The van der Waals surface area contributed by atoms with Crippen molar-refractivity contribution >= 4 is 51.0 Å². The maximum absolute atomic E-state index is 7.50. The number of carbonyl (C=O) groups excluding carboxylic acids is 4. The van der Waals surface area contributed by atoms with Gasteiger partial charge in [0.05, 0.1) is 0 Å². The Morgan fingerprint density at radius 3 is 0.742 bits per heavy atom. The molecule has 0 aliphatic heterocycles. The van der Waals surface area contributed by atoms with E-state index in [0.717, 1.165) is 0 Å². The first-order valence-electron chi connectivity index (χ1n) is 8.45. The molecule has 0 N–H and O–H groups in total. The van der Waals surface area contributed by atoms with E-state index in [1.807, 2.05) is 0 Å². The van der Waals surface area contributed by atoms with Gasteiger partial charge in [0, 0.05) is 17.1 Å². The van der Waals surface area contributed by atoms with Crippen LogP contribution >= 0.6 is 7.92 Å². The molecular formula is C25H21FeO4P. The van der Waals surface area contributed by atoms with E-state index in [-0.39, 0.29) is 17.1 Å². The average Bonchev–Trinajstić information content (AvgIpc) is 2.83. The first kappa shape index (κ1) is 32.9. The number of aryl methyl sites for hydroxylation is 3. The van der Waals surface area contributed by atoms with Gasteiger partial charge in [0.25, 0.3) is 27.2 Å². The van der Waals surface area contributed by atoms with Crippen molar-refractivity contribution in [2.24, 2.45) is 0 Å². The van der Waals surface area contributed by atoms with Gasteiger partial charge in [-0.15, -0.1) is 0 Å². The van der Waals surface area contributed by atoms with Gasteiger partial charge in [-0.25, -0.2) is 0 Å². The average molecular weight is 472 g/mol. The Labute approximate surface area is 197 Å². The molecule has 0 aliphatic carbocycles. The van der Waals surface area contributed by atoms with Crippen LogP contribution in [0.15, 0.2) is 72.8 Å². The third-order valence-corrected chi connectivity index (χ3v) is 6.32. The van der Waals surface area contributed by atoms with Crippen molar-refractivity contribution in [1.29, 1.82) is 0 Å². The molecule has 3 rings (SSSR count). The fourth-order valence-corrected chi connectivity index (χ4v) is 4.76. The van der Waals surface area contributed by atoms with E-state index in [9.17, 15) is 0 Å². The van der Waals surface area contributed by atoms with Crippen molar-refractivity contribution in [3.8, 4) is 0 Å². The molecule has 0 saturated heterocycles. The molecule has 3 aromatic rings. The zero-order valence-electron chi connectivity index (χ0n) is 17.4. The monoisotopic (exact) mass is 472 g/mol. The Morgan fingerprint density at radius 2 is 0.581 bits per heavy atom. The van der Waals surface area contributed by atoms with Crippen molar-refractivity contribution in [1.82, 2.24) is 0 Å². The predicted octanol–water partition coefficient (Wildman–Crippen LogP) is 2.78. The van der Waals surface area contributed by atoms with Crippen LogP contribution in [0.5, 0.6) is 0 Å². The smallest absolute Gasteiger partial charge is 0.281 e.